The summed E-state index contributed by atoms with van der Waals surface area (Å²) in [5, 5.41) is 6.70. The Labute approximate surface area is 104 Å². The van der Waals surface area contributed by atoms with Crippen molar-refractivity contribution in [3.8, 4) is 0 Å². The number of carbonyl (C=O) groups is 1. The fraction of sp³-hybridized carbons (Fsp3) is 0.250. The minimum absolute atomic E-state index is 0.0177. The average molecular weight is 248 g/mol. The lowest BCUT2D eigenvalue weighted by molar-refractivity contribution is 0.0948. The van der Waals surface area contributed by atoms with Crippen LogP contribution in [0, 0.1) is 5.82 Å². The van der Waals surface area contributed by atoms with E-state index in [1.807, 2.05) is 12.3 Å². The molecule has 0 aliphatic carbocycles. The van der Waals surface area contributed by atoms with Gasteiger partial charge in [-0.15, -0.1) is 0 Å². The first-order valence-corrected chi connectivity index (χ1v) is 5.62. The Morgan fingerprint density at radius 2 is 2.33 bits per heavy atom. The first-order chi connectivity index (χ1) is 8.77. The molecular weight excluding hydrogens is 235 g/mol. The van der Waals surface area contributed by atoms with Crippen LogP contribution in [0.1, 0.15) is 16.8 Å². The van der Waals surface area contributed by atoms with Gasteiger partial charge < -0.3 is 5.32 Å². The first-order valence-electron chi connectivity index (χ1n) is 5.62. The monoisotopic (exact) mass is 248 g/mol. The molecule has 0 unspecified atom stereocenters. The number of pyridine rings is 1. The SMILES string of the molecule is O=C(NCCCn1cccn1)c1ccncc1F. The third-order valence-electron chi connectivity index (χ3n) is 2.43. The standard InChI is InChI=1S/C12H13FN4O/c13-11-9-14-6-3-10(11)12(18)15-4-1-7-17-8-2-5-16-17/h2-3,5-6,8-9H,1,4,7H2,(H,15,18). The van der Waals surface area contributed by atoms with Crippen molar-refractivity contribution >= 4 is 5.91 Å². The van der Waals surface area contributed by atoms with Crippen LogP contribution >= 0.6 is 0 Å². The molecule has 1 N–H and O–H groups in total. The van der Waals surface area contributed by atoms with Crippen LogP contribution in [-0.4, -0.2) is 27.2 Å². The summed E-state index contributed by atoms with van der Waals surface area (Å²) in [7, 11) is 0. The molecule has 1 amide bonds. The van der Waals surface area contributed by atoms with Gasteiger partial charge in [-0.3, -0.25) is 14.5 Å². The molecule has 0 aliphatic heterocycles. The molecule has 6 heteroatoms. The molecule has 18 heavy (non-hydrogen) atoms. The quantitative estimate of drug-likeness (QED) is 0.810. The van der Waals surface area contributed by atoms with E-state index in [0.717, 1.165) is 12.6 Å². The summed E-state index contributed by atoms with van der Waals surface area (Å²) in [6, 6.07) is 3.20. The van der Waals surface area contributed by atoms with Crippen LogP contribution < -0.4 is 5.32 Å². The van der Waals surface area contributed by atoms with E-state index in [1.54, 1.807) is 10.9 Å². The van der Waals surface area contributed by atoms with Gasteiger partial charge in [0.05, 0.1) is 11.8 Å². The zero-order valence-corrected chi connectivity index (χ0v) is 9.71. The van der Waals surface area contributed by atoms with Crippen molar-refractivity contribution in [3.63, 3.8) is 0 Å². The molecule has 0 radical (unpaired) electrons. The maximum atomic E-state index is 13.2. The van der Waals surface area contributed by atoms with Gasteiger partial charge in [0.25, 0.3) is 5.91 Å². The molecule has 2 rings (SSSR count). The Morgan fingerprint density at radius 1 is 1.44 bits per heavy atom. The lowest BCUT2D eigenvalue weighted by Crippen LogP contribution is -2.26. The van der Waals surface area contributed by atoms with Crippen molar-refractivity contribution in [2.75, 3.05) is 6.54 Å². The topological polar surface area (TPSA) is 59.8 Å². The van der Waals surface area contributed by atoms with Gasteiger partial charge in [0.1, 0.15) is 0 Å². The van der Waals surface area contributed by atoms with Crippen LogP contribution in [0.5, 0.6) is 0 Å². The Balaban J connectivity index is 1.77. The number of aromatic nitrogens is 3. The molecule has 0 aliphatic rings. The maximum Gasteiger partial charge on any atom is 0.254 e. The van der Waals surface area contributed by atoms with E-state index >= 15 is 0 Å². The molecule has 0 atom stereocenters. The number of hydrogen-bond acceptors (Lipinski definition) is 3. The largest absolute Gasteiger partial charge is 0.352 e. The van der Waals surface area contributed by atoms with E-state index in [4.69, 9.17) is 0 Å². The number of carbonyl (C=O) groups excluding carboxylic acids is 1. The lowest BCUT2D eigenvalue weighted by Gasteiger charge is -2.05. The highest BCUT2D eigenvalue weighted by Crippen LogP contribution is 2.03. The summed E-state index contributed by atoms with van der Waals surface area (Å²) < 4.78 is 15.0. The highest BCUT2D eigenvalue weighted by atomic mass is 19.1. The normalized spacial score (nSPS) is 10.3. The van der Waals surface area contributed by atoms with Crippen LogP contribution in [0.25, 0.3) is 0 Å². The molecule has 2 aromatic heterocycles. The van der Waals surface area contributed by atoms with Gasteiger partial charge in [0.15, 0.2) is 5.82 Å². The molecule has 0 saturated carbocycles. The van der Waals surface area contributed by atoms with Gasteiger partial charge in [-0.05, 0) is 18.6 Å². The molecule has 0 fully saturated rings. The Hall–Kier alpha value is -2.24. The summed E-state index contributed by atoms with van der Waals surface area (Å²) in [4.78, 5) is 15.2. The van der Waals surface area contributed by atoms with Gasteiger partial charge >= 0.3 is 0 Å². The van der Waals surface area contributed by atoms with E-state index in [1.165, 1.54) is 12.3 Å². The summed E-state index contributed by atoms with van der Waals surface area (Å²) in [6.07, 6.45) is 6.70. The molecule has 0 spiro atoms. The Morgan fingerprint density at radius 3 is 3.06 bits per heavy atom. The van der Waals surface area contributed by atoms with E-state index in [-0.39, 0.29) is 5.56 Å². The third-order valence-corrected chi connectivity index (χ3v) is 2.43. The van der Waals surface area contributed by atoms with Crippen molar-refractivity contribution in [2.45, 2.75) is 13.0 Å². The number of nitrogens with zero attached hydrogens (tertiary/aromatic N) is 3. The molecule has 0 aromatic carbocycles. The second-order valence-electron chi connectivity index (χ2n) is 3.73. The maximum absolute atomic E-state index is 13.2. The number of nitrogens with one attached hydrogen (secondary N) is 1. The van der Waals surface area contributed by atoms with Gasteiger partial charge in [-0.25, -0.2) is 4.39 Å². The zero-order valence-electron chi connectivity index (χ0n) is 9.71. The molecule has 2 aromatic rings. The fourth-order valence-electron chi connectivity index (χ4n) is 1.53. The summed E-state index contributed by atoms with van der Waals surface area (Å²) in [6.45, 7) is 1.19. The number of hydrogen-bond donors (Lipinski definition) is 1. The second-order valence-corrected chi connectivity index (χ2v) is 3.73. The third kappa shape index (κ3) is 3.13. The van der Waals surface area contributed by atoms with Crippen molar-refractivity contribution in [1.29, 1.82) is 0 Å². The first kappa shape index (κ1) is 12.2. The number of aryl methyl sites for hydroxylation is 1. The average Bonchev–Trinajstić information content (AvgIpc) is 2.88. The molecule has 0 bridgehead atoms. The summed E-state index contributed by atoms with van der Waals surface area (Å²) in [5.41, 5.74) is 0.0177. The number of amides is 1. The lowest BCUT2D eigenvalue weighted by atomic mass is 10.2. The molecule has 5 nitrogen and oxygen atoms in total. The van der Waals surface area contributed by atoms with Crippen molar-refractivity contribution in [3.05, 3.63) is 48.3 Å². The number of halogens is 1. The van der Waals surface area contributed by atoms with Crippen LogP contribution in [0.4, 0.5) is 4.39 Å². The zero-order chi connectivity index (χ0) is 12.8. The van der Waals surface area contributed by atoms with Gasteiger partial charge in [0, 0.05) is 31.7 Å². The highest BCUT2D eigenvalue weighted by molar-refractivity contribution is 5.94. The van der Waals surface area contributed by atoms with E-state index in [2.05, 4.69) is 15.4 Å². The van der Waals surface area contributed by atoms with Crippen LogP contribution in [-0.2, 0) is 6.54 Å². The van der Waals surface area contributed by atoms with E-state index < -0.39 is 11.7 Å². The van der Waals surface area contributed by atoms with E-state index in [9.17, 15) is 9.18 Å². The summed E-state index contributed by atoms with van der Waals surface area (Å²) >= 11 is 0. The van der Waals surface area contributed by atoms with Crippen LogP contribution in [0.2, 0.25) is 0 Å². The Bertz CT molecular complexity index is 513. The minimum Gasteiger partial charge on any atom is -0.352 e. The van der Waals surface area contributed by atoms with Crippen LogP contribution in [0.15, 0.2) is 36.9 Å². The molecule has 94 valence electrons. The smallest absolute Gasteiger partial charge is 0.254 e. The second kappa shape index (κ2) is 5.90. The highest BCUT2D eigenvalue weighted by Gasteiger charge is 2.09. The predicted molar refractivity (Wildman–Crippen MR) is 63.4 cm³/mol. The van der Waals surface area contributed by atoms with Crippen molar-refractivity contribution in [1.82, 2.24) is 20.1 Å². The van der Waals surface area contributed by atoms with Gasteiger partial charge in [0.2, 0.25) is 0 Å². The molecule has 0 saturated heterocycles. The van der Waals surface area contributed by atoms with Crippen molar-refractivity contribution < 1.29 is 9.18 Å². The van der Waals surface area contributed by atoms with Crippen molar-refractivity contribution in [2.24, 2.45) is 0 Å². The van der Waals surface area contributed by atoms with Crippen LogP contribution in [0.3, 0.4) is 0 Å². The summed E-state index contributed by atoms with van der Waals surface area (Å²) in [5.74, 6) is -1.03. The van der Waals surface area contributed by atoms with E-state index in [0.29, 0.717) is 13.1 Å². The Kier molecular flexibility index (Phi) is 4.01. The fourth-order valence-corrected chi connectivity index (χ4v) is 1.53. The minimum atomic E-state index is -0.609. The molecular formula is C12H13FN4O. The number of rotatable bonds is 5. The van der Waals surface area contributed by atoms with Gasteiger partial charge in [-0.1, -0.05) is 0 Å². The molecule has 2 heterocycles. The predicted octanol–water partition coefficient (Wildman–Crippen LogP) is 1.24. The van der Waals surface area contributed by atoms with Gasteiger partial charge in [-0.2, -0.15) is 5.10 Å².